The summed E-state index contributed by atoms with van der Waals surface area (Å²) in [5, 5.41) is 3.77. The van der Waals surface area contributed by atoms with Crippen molar-refractivity contribution in [1.29, 1.82) is 0 Å². The Morgan fingerprint density at radius 3 is 2.15 bits per heavy atom. The molecule has 0 heterocycles. The Hall–Kier alpha value is -3.07. The number of rotatable bonds is 12. The van der Waals surface area contributed by atoms with Gasteiger partial charge in [-0.3, -0.25) is 13.9 Å². The maximum Gasteiger partial charge on any atom is 0.264 e. The number of nitrogens with zero attached hydrogens (tertiary/aromatic N) is 2. The molecular weight excluding hydrogens is 581 g/mol. The van der Waals surface area contributed by atoms with Crippen molar-refractivity contribution in [2.75, 3.05) is 10.8 Å². The maximum atomic E-state index is 14.2. The van der Waals surface area contributed by atoms with Crippen molar-refractivity contribution in [3.8, 4) is 0 Å². The van der Waals surface area contributed by atoms with Crippen LogP contribution in [0, 0.1) is 13.8 Å². The highest BCUT2D eigenvalue weighted by Crippen LogP contribution is 2.29. The molecule has 41 heavy (non-hydrogen) atoms. The van der Waals surface area contributed by atoms with Crippen molar-refractivity contribution in [3.63, 3.8) is 0 Å². The van der Waals surface area contributed by atoms with Gasteiger partial charge in [-0.15, -0.1) is 0 Å². The molecular formula is C31H37Cl2N3O4S. The normalized spacial score (nSPS) is 12.9. The maximum absolute atomic E-state index is 14.2. The van der Waals surface area contributed by atoms with Crippen LogP contribution in [-0.4, -0.2) is 43.8 Å². The molecule has 0 aliphatic carbocycles. The lowest BCUT2D eigenvalue weighted by molar-refractivity contribution is -0.140. The van der Waals surface area contributed by atoms with Crippen LogP contribution in [-0.2, 0) is 26.2 Å². The summed E-state index contributed by atoms with van der Waals surface area (Å²) in [6, 6.07) is 17.4. The molecule has 1 N–H and O–H groups in total. The van der Waals surface area contributed by atoms with Crippen molar-refractivity contribution in [2.45, 2.75) is 71.0 Å². The predicted molar refractivity (Wildman–Crippen MR) is 166 cm³/mol. The highest BCUT2D eigenvalue weighted by atomic mass is 35.5. The van der Waals surface area contributed by atoms with Crippen LogP contribution in [0.25, 0.3) is 0 Å². The first kappa shape index (κ1) is 32.4. The van der Waals surface area contributed by atoms with Crippen LogP contribution < -0.4 is 9.62 Å². The van der Waals surface area contributed by atoms with E-state index < -0.39 is 28.5 Å². The van der Waals surface area contributed by atoms with Crippen LogP contribution in [0.1, 0.15) is 50.3 Å². The molecule has 0 aliphatic heterocycles. The number of aryl methyl sites for hydroxylation is 2. The minimum absolute atomic E-state index is 0.0258. The number of carbonyl (C=O) groups is 2. The highest BCUT2D eigenvalue weighted by molar-refractivity contribution is 7.92. The van der Waals surface area contributed by atoms with Gasteiger partial charge in [0.25, 0.3) is 10.0 Å². The number of benzene rings is 3. The monoisotopic (exact) mass is 617 g/mol. The van der Waals surface area contributed by atoms with Gasteiger partial charge in [-0.1, -0.05) is 79.0 Å². The van der Waals surface area contributed by atoms with Gasteiger partial charge in [0.2, 0.25) is 11.8 Å². The smallest absolute Gasteiger partial charge is 0.264 e. The molecule has 0 aliphatic rings. The average molecular weight is 619 g/mol. The summed E-state index contributed by atoms with van der Waals surface area (Å²) in [6.07, 6.45) is 1.04. The Morgan fingerprint density at radius 2 is 1.56 bits per heavy atom. The third-order valence-corrected chi connectivity index (χ3v) is 9.58. The fourth-order valence-electron chi connectivity index (χ4n) is 4.27. The van der Waals surface area contributed by atoms with Crippen LogP contribution in [0.2, 0.25) is 10.0 Å². The number of halogens is 2. The molecule has 3 rings (SSSR count). The van der Waals surface area contributed by atoms with E-state index in [1.54, 1.807) is 48.5 Å². The zero-order valence-corrected chi connectivity index (χ0v) is 26.4. The van der Waals surface area contributed by atoms with Gasteiger partial charge in [0, 0.05) is 22.6 Å². The zero-order chi connectivity index (χ0) is 30.3. The van der Waals surface area contributed by atoms with Crippen molar-refractivity contribution in [3.05, 3.63) is 93.5 Å². The van der Waals surface area contributed by atoms with Crippen LogP contribution in [0.4, 0.5) is 5.69 Å². The number of sulfonamides is 1. The lowest BCUT2D eigenvalue weighted by Crippen LogP contribution is -2.53. The standard InChI is InChI=1S/C31H37Cl2N3O4S/c1-6-23(5)34-31(38)29(7-2)35(19-24-10-8-9-11-27(24)32)30(37)20-36(25-15-14-22(4)28(33)18-25)41(39,40)26-16-12-21(3)13-17-26/h8-18,23,29H,6-7,19-20H2,1-5H3,(H,34,38)/t23-,29-/m1/s1. The quantitative estimate of drug-likeness (QED) is 0.250. The molecule has 0 fully saturated rings. The molecule has 3 aromatic rings. The predicted octanol–water partition coefficient (Wildman–Crippen LogP) is 6.53. The SMILES string of the molecule is CC[C@@H](C)NC(=O)[C@@H](CC)N(Cc1ccccc1Cl)C(=O)CN(c1ccc(C)c(Cl)c1)S(=O)(=O)c1ccc(C)cc1. The first-order valence-electron chi connectivity index (χ1n) is 13.6. The summed E-state index contributed by atoms with van der Waals surface area (Å²) in [6.45, 7) is 8.81. The number of nitrogens with one attached hydrogen (secondary N) is 1. The van der Waals surface area contributed by atoms with E-state index in [1.165, 1.54) is 23.1 Å². The van der Waals surface area contributed by atoms with Gasteiger partial charge in [-0.25, -0.2) is 8.42 Å². The fraction of sp³-hybridized carbons (Fsp3) is 0.355. The molecule has 2 atom stereocenters. The Morgan fingerprint density at radius 1 is 0.902 bits per heavy atom. The summed E-state index contributed by atoms with van der Waals surface area (Å²) < 4.78 is 29.0. The Bertz CT molecular complexity index is 1480. The van der Waals surface area contributed by atoms with E-state index in [1.807, 2.05) is 34.6 Å². The van der Waals surface area contributed by atoms with E-state index in [2.05, 4.69) is 5.32 Å². The molecule has 0 aromatic heterocycles. The van der Waals surface area contributed by atoms with E-state index >= 15 is 0 Å². The second-order valence-electron chi connectivity index (χ2n) is 10.1. The van der Waals surface area contributed by atoms with Crippen LogP contribution >= 0.6 is 23.2 Å². The summed E-state index contributed by atoms with van der Waals surface area (Å²) >= 11 is 12.8. The summed E-state index contributed by atoms with van der Waals surface area (Å²) in [4.78, 5) is 29.0. The second kappa shape index (κ2) is 14.2. The molecule has 10 heteroatoms. The molecule has 7 nitrogen and oxygen atoms in total. The molecule has 0 saturated heterocycles. The van der Waals surface area contributed by atoms with E-state index in [9.17, 15) is 18.0 Å². The number of amides is 2. The minimum Gasteiger partial charge on any atom is -0.352 e. The van der Waals surface area contributed by atoms with E-state index in [-0.39, 0.29) is 29.1 Å². The molecule has 0 bridgehead atoms. The van der Waals surface area contributed by atoms with E-state index in [0.29, 0.717) is 22.0 Å². The Labute approximate surface area is 253 Å². The largest absolute Gasteiger partial charge is 0.352 e. The van der Waals surface area contributed by atoms with Gasteiger partial charge >= 0.3 is 0 Å². The Kier molecular flexibility index (Phi) is 11.2. The van der Waals surface area contributed by atoms with Gasteiger partial charge in [0.1, 0.15) is 12.6 Å². The number of hydrogen-bond acceptors (Lipinski definition) is 4. The lowest BCUT2D eigenvalue weighted by Gasteiger charge is -2.34. The van der Waals surface area contributed by atoms with Gasteiger partial charge < -0.3 is 10.2 Å². The van der Waals surface area contributed by atoms with E-state index in [4.69, 9.17) is 23.2 Å². The Balaban J connectivity index is 2.10. The molecule has 0 radical (unpaired) electrons. The first-order valence-corrected chi connectivity index (χ1v) is 15.8. The number of carbonyl (C=O) groups excluding carboxylic acids is 2. The second-order valence-corrected chi connectivity index (χ2v) is 12.8. The highest BCUT2D eigenvalue weighted by Gasteiger charge is 2.34. The summed E-state index contributed by atoms with van der Waals surface area (Å²) in [5.74, 6) is -0.864. The van der Waals surface area contributed by atoms with Gasteiger partial charge in [-0.05, 0) is 75.1 Å². The van der Waals surface area contributed by atoms with Gasteiger partial charge in [-0.2, -0.15) is 0 Å². The molecule has 0 spiro atoms. The van der Waals surface area contributed by atoms with Crippen LogP contribution in [0.15, 0.2) is 71.6 Å². The summed E-state index contributed by atoms with van der Waals surface area (Å²) in [7, 11) is -4.19. The average Bonchev–Trinajstić information content (AvgIpc) is 2.94. The molecule has 220 valence electrons. The minimum atomic E-state index is -4.19. The molecule has 0 unspecified atom stereocenters. The fourth-order valence-corrected chi connectivity index (χ4v) is 6.05. The molecule has 0 saturated carbocycles. The van der Waals surface area contributed by atoms with Crippen LogP contribution in [0.3, 0.4) is 0 Å². The van der Waals surface area contributed by atoms with Gasteiger partial charge in [0.05, 0.1) is 10.6 Å². The lowest BCUT2D eigenvalue weighted by atomic mass is 10.1. The van der Waals surface area contributed by atoms with Gasteiger partial charge in [0.15, 0.2) is 0 Å². The van der Waals surface area contributed by atoms with Crippen molar-refractivity contribution >= 4 is 50.7 Å². The summed E-state index contributed by atoms with van der Waals surface area (Å²) in [5.41, 5.74) is 2.55. The third kappa shape index (κ3) is 8.03. The zero-order valence-electron chi connectivity index (χ0n) is 24.0. The van der Waals surface area contributed by atoms with Crippen molar-refractivity contribution in [1.82, 2.24) is 10.2 Å². The molecule has 2 amide bonds. The van der Waals surface area contributed by atoms with Crippen LogP contribution in [0.5, 0.6) is 0 Å². The topological polar surface area (TPSA) is 86.8 Å². The van der Waals surface area contributed by atoms with Crippen molar-refractivity contribution in [2.24, 2.45) is 0 Å². The third-order valence-electron chi connectivity index (χ3n) is 7.02. The van der Waals surface area contributed by atoms with Crippen molar-refractivity contribution < 1.29 is 18.0 Å². The number of anilines is 1. The first-order chi connectivity index (χ1) is 19.4. The number of hydrogen-bond donors (Lipinski definition) is 1. The van der Waals surface area contributed by atoms with E-state index in [0.717, 1.165) is 21.9 Å². The molecule has 3 aromatic carbocycles.